The van der Waals surface area contributed by atoms with E-state index in [1.54, 1.807) is 18.1 Å². The molecule has 0 aromatic heterocycles. The molecule has 0 N–H and O–H groups in total. The van der Waals surface area contributed by atoms with Crippen molar-refractivity contribution in [3.63, 3.8) is 0 Å². The first kappa shape index (κ1) is 24.4. The number of carbonyl (C=O) groups excluding carboxylic acids is 2. The molecule has 1 atom stereocenters. The minimum atomic E-state index is -0.742. The van der Waals surface area contributed by atoms with Crippen LogP contribution in [0.3, 0.4) is 0 Å². The van der Waals surface area contributed by atoms with E-state index in [0.717, 1.165) is 37.7 Å². The molecule has 0 bridgehead atoms. The van der Waals surface area contributed by atoms with Gasteiger partial charge in [0.15, 0.2) is 11.5 Å². The van der Waals surface area contributed by atoms with Gasteiger partial charge >= 0.3 is 0 Å². The number of piperazine rings is 1. The first-order valence-corrected chi connectivity index (χ1v) is 12.5. The molecule has 182 valence electrons. The van der Waals surface area contributed by atoms with Crippen LogP contribution >= 0.6 is 11.6 Å². The maximum Gasteiger partial charge on any atom is 0.250 e. The summed E-state index contributed by atoms with van der Waals surface area (Å²) < 4.78 is 11.4. The summed E-state index contributed by atoms with van der Waals surface area (Å²) in [6.07, 6.45) is 6.14. The van der Waals surface area contributed by atoms with Crippen LogP contribution < -0.4 is 9.47 Å². The maximum absolute atomic E-state index is 13.9. The predicted octanol–water partition coefficient (Wildman–Crippen LogP) is 5.38. The number of hydrogen-bond donors (Lipinski definition) is 0. The molecule has 1 aliphatic heterocycles. The lowest BCUT2D eigenvalue weighted by atomic mass is 9.91. The maximum atomic E-state index is 13.9. The van der Waals surface area contributed by atoms with Crippen molar-refractivity contribution < 1.29 is 19.1 Å². The second-order valence-corrected chi connectivity index (χ2v) is 9.44. The van der Waals surface area contributed by atoms with Crippen LogP contribution in [0, 0.1) is 0 Å². The van der Waals surface area contributed by atoms with E-state index >= 15 is 0 Å². The highest BCUT2D eigenvalue weighted by atomic mass is 35.5. The van der Waals surface area contributed by atoms with Gasteiger partial charge in [-0.15, -0.1) is 0 Å². The molecular formula is C27H33ClN2O4. The van der Waals surface area contributed by atoms with Gasteiger partial charge in [0.2, 0.25) is 5.91 Å². The van der Waals surface area contributed by atoms with Crippen LogP contribution in [0.1, 0.15) is 62.6 Å². The Kier molecular flexibility index (Phi) is 7.99. The fourth-order valence-electron chi connectivity index (χ4n) is 4.95. The van der Waals surface area contributed by atoms with E-state index in [-0.39, 0.29) is 30.9 Å². The first-order chi connectivity index (χ1) is 16.5. The third-order valence-corrected chi connectivity index (χ3v) is 7.10. The van der Waals surface area contributed by atoms with Crippen LogP contribution in [0.15, 0.2) is 42.5 Å². The number of rotatable bonds is 8. The standard InChI is InChI=1S/C27H33ClN2O4/c1-3-15-34-23-14-13-19(16-24(23)33-2)26-27(32)29(21-10-5-4-6-11-21)18-25(31)30(26)17-20-9-7-8-12-22(20)28/h7-9,12-14,16,21,26H,3-6,10-11,15,17-18H2,1-2H3/t26-/m1/s1. The lowest BCUT2D eigenvalue weighted by Gasteiger charge is -2.44. The summed E-state index contributed by atoms with van der Waals surface area (Å²) in [4.78, 5) is 30.9. The van der Waals surface area contributed by atoms with Gasteiger partial charge in [0.1, 0.15) is 12.6 Å². The zero-order valence-corrected chi connectivity index (χ0v) is 20.7. The Morgan fingerprint density at radius 2 is 1.79 bits per heavy atom. The van der Waals surface area contributed by atoms with Crippen LogP contribution in [-0.2, 0) is 16.1 Å². The van der Waals surface area contributed by atoms with Crippen molar-refractivity contribution in [3.05, 3.63) is 58.6 Å². The number of benzene rings is 2. The van der Waals surface area contributed by atoms with E-state index in [0.29, 0.717) is 28.7 Å². The van der Waals surface area contributed by atoms with E-state index in [4.69, 9.17) is 21.1 Å². The van der Waals surface area contributed by atoms with Crippen LogP contribution in [0.2, 0.25) is 5.02 Å². The fourth-order valence-corrected chi connectivity index (χ4v) is 5.14. The smallest absolute Gasteiger partial charge is 0.250 e. The number of hydrogen-bond acceptors (Lipinski definition) is 4. The summed E-state index contributed by atoms with van der Waals surface area (Å²) in [5.74, 6) is 1.08. The lowest BCUT2D eigenvalue weighted by molar-refractivity contribution is -0.160. The van der Waals surface area contributed by atoms with Crippen molar-refractivity contribution in [2.45, 2.75) is 64.1 Å². The van der Waals surface area contributed by atoms with Crippen molar-refractivity contribution in [1.82, 2.24) is 9.80 Å². The van der Waals surface area contributed by atoms with Gasteiger partial charge in [0.25, 0.3) is 5.91 Å². The topological polar surface area (TPSA) is 59.1 Å². The fraction of sp³-hybridized carbons (Fsp3) is 0.481. The van der Waals surface area contributed by atoms with Crippen LogP contribution in [0.5, 0.6) is 11.5 Å². The predicted molar refractivity (Wildman–Crippen MR) is 132 cm³/mol. The molecule has 34 heavy (non-hydrogen) atoms. The monoisotopic (exact) mass is 484 g/mol. The van der Waals surface area contributed by atoms with Gasteiger partial charge in [-0.2, -0.15) is 0 Å². The highest BCUT2D eigenvalue weighted by molar-refractivity contribution is 6.31. The average Bonchev–Trinajstić information content (AvgIpc) is 2.86. The van der Waals surface area contributed by atoms with Crippen LogP contribution in [-0.4, -0.2) is 47.9 Å². The molecule has 0 unspecified atom stereocenters. The lowest BCUT2D eigenvalue weighted by Crippen LogP contribution is -2.58. The molecule has 1 aliphatic carbocycles. The molecule has 6 nitrogen and oxygen atoms in total. The normalized spacial score (nSPS) is 19.4. The van der Waals surface area contributed by atoms with Gasteiger partial charge in [-0.1, -0.05) is 62.1 Å². The molecular weight excluding hydrogens is 452 g/mol. The SMILES string of the molecule is CCCOc1ccc([C@@H]2C(=O)N(C3CCCCC3)CC(=O)N2Cc2ccccc2Cl)cc1OC. The third kappa shape index (κ3) is 5.17. The van der Waals surface area contributed by atoms with Gasteiger partial charge in [0, 0.05) is 17.6 Å². The summed E-state index contributed by atoms with van der Waals surface area (Å²) in [5.41, 5.74) is 1.53. The Hall–Kier alpha value is -2.73. The highest BCUT2D eigenvalue weighted by Gasteiger charge is 2.43. The molecule has 1 saturated heterocycles. The Balaban J connectivity index is 1.71. The van der Waals surface area contributed by atoms with Crippen molar-refractivity contribution >= 4 is 23.4 Å². The minimum Gasteiger partial charge on any atom is -0.493 e. The van der Waals surface area contributed by atoms with Crippen LogP contribution in [0.4, 0.5) is 0 Å². The molecule has 2 aliphatic rings. The highest BCUT2D eigenvalue weighted by Crippen LogP contribution is 2.37. The number of nitrogens with zero attached hydrogens (tertiary/aromatic N) is 2. The van der Waals surface area contributed by atoms with Gasteiger partial charge in [-0.05, 0) is 48.6 Å². The molecule has 1 saturated carbocycles. The molecule has 1 heterocycles. The summed E-state index contributed by atoms with van der Waals surface area (Å²) in [5, 5.41) is 0.581. The molecule has 0 spiro atoms. The number of carbonyl (C=O) groups is 2. The molecule has 2 aromatic carbocycles. The first-order valence-electron chi connectivity index (χ1n) is 12.2. The number of ether oxygens (including phenoxy) is 2. The van der Waals surface area contributed by atoms with Gasteiger partial charge < -0.3 is 19.3 Å². The minimum absolute atomic E-state index is 0.0390. The van der Waals surface area contributed by atoms with E-state index in [1.165, 1.54) is 6.42 Å². The van der Waals surface area contributed by atoms with Crippen LogP contribution in [0.25, 0.3) is 0 Å². The molecule has 7 heteroatoms. The Morgan fingerprint density at radius 1 is 1.03 bits per heavy atom. The summed E-state index contributed by atoms with van der Waals surface area (Å²) in [6.45, 7) is 2.99. The average molecular weight is 485 g/mol. The van der Waals surface area contributed by atoms with Crippen molar-refractivity contribution in [2.75, 3.05) is 20.3 Å². The van der Waals surface area contributed by atoms with Crippen molar-refractivity contribution in [1.29, 1.82) is 0 Å². The number of methoxy groups -OCH3 is 1. The largest absolute Gasteiger partial charge is 0.493 e. The van der Waals surface area contributed by atoms with Gasteiger partial charge in [0.05, 0.1) is 13.7 Å². The Morgan fingerprint density at radius 3 is 2.50 bits per heavy atom. The number of halogens is 1. The van der Waals surface area contributed by atoms with E-state index in [9.17, 15) is 9.59 Å². The third-order valence-electron chi connectivity index (χ3n) is 6.73. The Labute approximate surface area is 206 Å². The van der Waals surface area contributed by atoms with E-state index in [1.807, 2.05) is 48.2 Å². The second-order valence-electron chi connectivity index (χ2n) is 9.03. The molecule has 2 fully saturated rings. The Bertz CT molecular complexity index is 1020. The molecule has 2 amide bonds. The van der Waals surface area contributed by atoms with E-state index < -0.39 is 6.04 Å². The quantitative estimate of drug-likeness (QED) is 0.504. The summed E-state index contributed by atoms with van der Waals surface area (Å²) in [7, 11) is 1.58. The zero-order chi connectivity index (χ0) is 24.1. The molecule has 2 aromatic rings. The number of amides is 2. The van der Waals surface area contributed by atoms with Gasteiger partial charge in [-0.25, -0.2) is 0 Å². The zero-order valence-electron chi connectivity index (χ0n) is 20.0. The van der Waals surface area contributed by atoms with Crippen molar-refractivity contribution in [2.24, 2.45) is 0 Å². The molecule has 0 radical (unpaired) electrons. The summed E-state index contributed by atoms with van der Waals surface area (Å²) >= 11 is 6.42. The molecule has 4 rings (SSSR count). The van der Waals surface area contributed by atoms with Crippen molar-refractivity contribution in [3.8, 4) is 11.5 Å². The summed E-state index contributed by atoms with van der Waals surface area (Å²) in [6, 6.07) is 12.3. The van der Waals surface area contributed by atoms with E-state index in [2.05, 4.69) is 0 Å². The van der Waals surface area contributed by atoms with Gasteiger partial charge in [-0.3, -0.25) is 9.59 Å². The second kappa shape index (κ2) is 11.1.